The van der Waals surface area contributed by atoms with Gasteiger partial charge in [-0.25, -0.2) is 0 Å². The van der Waals surface area contributed by atoms with Gasteiger partial charge in [0.05, 0.1) is 0 Å². The molecule has 0 saturated carbocycles. The van der Waals surface area contributed by atoms with Crippen molar-refractivity contribution in [2.45, 2.75) is 40.5 Å². The fourth-order valence-corrected chi connectivity index (χ4v) is 0.612. The summed E-state index contributed by atoms with van der Waals surface area (Å²) in [7, 11) is 0. The van der Waals surface area contributed by atoms with Crippen molar-refractivity contribution in [1.82, 2.24) is 0 Å². The minimum Gasteiger partial charge on any atom is -0.0654 e. The summed E-state index contributed by atoms with van der Waals surface area (Å²) >= 11 is 0. The van der Waals surface area contributed by atoms with Crippen LogP contribution in [0.5, 0.6) is 0 Å². The standard InChI is InChI=1S/C7H16/c1-5-6-7(2,3)4/h5-6H2,1-4H3/i6D. The molecule has 0 aliphatic rings. The second-order valence-corrected chi connectivity index (χ2v) is 2.98. The number of hydrogen-bond donors (Lipinski definition) is 0. The van der Waals surface area contributed by atoms with Crippen LogP contribution < -0.4 is 0 Å². The first kappa shape index (κ1) is 5.14. The molecule has 7 heavy (non-hydrogen) atoms. The predicted octanol–water partition coefficient (Wildman–Crippen LogP) is 2.83. The Hall–Kier alpha value is 0. The zero-order valence-electron chi connectivity index (χ0n) is 6.78. The van der Waals surface area contributed by atoms with Crippen molar-refractivity contribution in [3.05, 3.63) is 0 Å². The lowest BCUT2D eigenvalue weighted by molar-refractivity contribution is 0.373. The Bertz CT molecular complexity index is 61.3. The van der Waals surface area contributed by atoms with Gasteiger partial charge in [-0.1, -0.05) is 34.1 Å². The SMILES string of the molecule is [2H]C(CC)C(C)(C)C. The van der Waals surface area contributed by atoms with Gasteiger partial charge in [-0.05, 0) is 11.8 Å². The van der Waals surface area contributed by atoms with Gasteiger partial charge in [0, 0.05) is 1.37 Å². The van der Waals surface area contributed by atoms with Crippen molar-refractivity contribution in [2.24, 2.45) is 5.41 Å². The van der Waals surface area contributed by atoms with Crippen molar-refractivity contribution in [2.75, 3.05) is 0 Å². The second-order valence-electron chi connectivity index (χ2n) is 2.98. The predicted molar refractivity (Wildman–Crippen MR) is 34.4 cm³/mol. The first-order valence-corrected chi connectivity index (χ1v) is 2.90. The van der Waals surface area contributed by atoms with E-state index in [0.29, 0.717) is 0 Å². The molecule has 0 aliphatic heterocycles. The van der Waals surface area contributed by atoms with Crippen molar-refractivity contribution in [3.8, 4) is 0 Å². The molecule has 0 heteroatoms. The Morgan fingerprint density at radius 2 is 1.86 bits per heavy atom. The molecule has 0 amide bonds. The van der Waals surface area contributed by atoms with Gasteiger partial charge in [0.15, 0.2) is 0 Å². The van der Waals surface area contributed by atoms with Crippen molar-refractivity contribution in [1.29, 1.82) is 0 Å². The molecule has 0 aliphatic carbocycles. The zero-order chi connectivity index (χ0) is 6.78. The summed E-state index contributed by atoms with van der Waals surface area (Å²) in [5.41, 5.74) is 0.175. The van der Waals surface area contributed by atoms with E-state index < -0.39 is 0 Å². The lowest BCUT2D eigenvalue weighted by Gasteiger charge is -2.15. The molecule has 44 valence electrons. The van der Waals surface area contributed by atoms with Crippen molar-refractivity contribution >= 4 is 0 Å². The normalized spacial score (nSPS) is 18.6. The van der Waals surface area contributed by atoms with Crippen LogP contribution in [-0.4, -0.2) is 0 Å². The third-order valence-corrected chi connectivity index (χ3v) is 0.816. The quantitative estimate of drug-likeness (QED) is 0.476. The van der Waals surface area contributed by atoms with Crippen LogP contribution in [-0.2, 0) is 0 Å². The first-order valence-electron chi connectivity index (χ1n) is 3.48. The number of hydrogen-bond acceptors (Lipinski definition) is 0. The Morgan fingerprint density at radius 1 is 1.43 bits per heavy atom. The average Bonchev–Trinajstić information content (AvgIpc) is 1.62. The van der Waals surface area contributed by atoms with Crippen molar-refractivity contribution in [3.63, 3.8) is 0 Å². The monoisotopic (exact) mass is 101 g/mol. The van der Waals surface area contributed by atoms with Crippen molar-refractivity contribution < 1.29 is 1.37 Å². The van der Waals surface area contributed by atoms with E-state index >= 15 is 0 Å². The average molecular weight is 101 g/mol. The van der Waals surface area contributed by atoms with Gasteiger partial charge in [-0.15, -0.1) is 0 Å². The molecule has 0 nitrogen and oxygen atoms in total. The largest absolute Gasteiger partial charge is 0.0654 e. The maximum atomic E-state index is 7.47. The van der Waals surface area contributed by atoms with E-state index in [9.17, 15) is 0 Å². The third kappa shape index (κ3) is 6.00. The van der Waals surface area contributed by atoms with Gasteiger partial charge in [-0.3, -0.25) is 0 Å². The van der Waals surface area contributed by atoms with Crippen LogP contribution in [0, 0.1) is 5.41 Å². The topological polar surface area (TPSA) is 0 Å². The van der Waals surface area contributed by atoms with Crippen LogP contribution >= 0.6 is 0 Å². The summed E-state index contributed by atoms with van der Waals surface area (Å²) in [6, 6.07) is 0. The molecule has 0 bridgehead atoms. The molecule has 0 rings (SSSR count). The highest BCUT2D eigenvalue weighted by molar-refractivity contribution is 4.58. The fourth-order valence-electron chi connectivity index (χ4n) is 0.612. The summed E-state index contributed by atoms with van der Waals surface area (Å²) < 4.78 is 7.47. The van der Waals surface area contributed by atoms with Gasteiger partial charge in [0.1, 0.15) is 0 Å². The maximum Gasteiger partial charge on any atom is 0.0272 e. The zero-order valence-corrected chi connectivity index (χ0v) is 5.78. The summed E-state index contributed by atoms with van der Waals surface area (Å²) in [5, 5.41) is 0. The lowest BCUT2D eigenvalue weighted by atomic mass is 9.91. The van der Waals surface area contributed by atoms with Gasteiger partial charge in [-0.2, -0.15) is 0 Å². The molecule has 0 radical (unpaired) electrons. The molecule has 0 aromatic carbocycles. The molecule has 0 N–H and O–H groups in total. The fraction of sp³-hybridized carbons (Fsp3) is 1.00. The maximum absolute atomic E-state index is 7.47. The van der Waals surface area contributed by atoms with E-state index in [1.165, 1.54) is 0 Å². The van der Waals surface area contributed by atoms with E-state index in [4.69, 9.17) is 1.37 Å². The van der Waals surface area contributed by atoms with Crippen LogP contribution in [0.2, 0.25) is 0 Å². The molecule has 0 aromatic heterocycles. The summed E-state index contributed by atoms with van der Waals surface area (Å²) in [6.07, 6.45) is 1.06. The Morgan fingerprint density at radius 3 is 1.86 bits per heavy atom. The molecule has 0 saturated heterocycles. The van der Waals surface area contributed by atoms with Crippen LogP contribution in [0.4, 0.5) is 0 Å². The smallest absolute Gasteiger partial charge is 0.0272 e. The number of rotatable bonds is 1. The van der Waals surface area contributed by atoms with Gasteiger partial charge in [0.2, 0.25) is 0 Å². The summed E-state index contributed by atoms with van der Waals surface area (Å²) in [6.45, 7) is 8.37. The summed E-state index contributed by atoms with van der Waals surface area (Å²) in [4.78, 5) is 0. The molecule has 0 heterocycles. The van der Waals surface area contributed by atoms with E-state index in [1.54, 1.807) is 0 Å². The Balaban J connectivity index is 3.62. The van der Waals surface area contributed by atoms with Crippen LogP contribution in [0.3, 0.4) is 0 Å². The highest BCUT2D eigenvalue weighted by atomic mass is 14.1. The first-order chi connectivity index (χ1) is 3.48. The minimum absolute atomic E-state index is 0.0995. The van der Waals surface area contributed by atoms with Gasteiger partial charge >= 0.3 is 0 Å². The summed E-state index contributed by atoms with van der Waals surface area (Å²) in [5.74, 6) is 0. The van der Waals surface area contributed by atoms with Crippen LogP contribution in [0.1, 0.15) is 41.9 Å². The molecule has 0 aromatic rings. The highest BCUT2D eigenvalue weighted by Crippen LogP contribution is 2.19. The van der Waals surface area contributed by atoms with E-state index in [-0.39, 0.29) is 11.8 Å². The lowest BCUT2D eigenvalue weighted by Crippen LogP contribution is -2.02. The Labute approximate surface area is 48.3 Å². The van der Waals surface area contributed by atoms with E-state index in [0.717, 1.165) is 6.42 Å². The van der Waals surface area contributed by atoms with E-state index in [1.807, 2.05) is 0 Å². The highest BCUT2D eigenvalue weighted by Gasteiger charge is 2.06. The molecular weight excluding hydrogens is 84.1 g/mol. The Kier molecular flexibility index (Phi) is 1.72. The molecule has 1 unspecified atom stereocenters. The van der Waals surface area contributed by atoms with Crippen LogP contribution in [0.15, 0.2) is 0 Å². The second kappa shape index (κ2) is 2.34. The van der Waals surface area contributed by atoms with Gasteiger partial charge in [0.25, 0.3) is 0 Å². The molecule has 0 fully saturated rings. The third-order valence-electron chi connectivity index (χ3n) is 0.816. The van der Waals surface area contributed by atoms with Gasteiger partial charge < -0.3 is 0 Å². The minimum atomic E-state index is 0.0995. The van der Waals surface area contributed by atoms with E-state index in [2.05, 4.69) is 27.7 Å². The molecular formula is C7H16. The van der Waals surface area contributed by atoms with Crippen LogP contribution in [0.25, 0.3) is 0 Å². The molecule has 0 spiro atoms. The molecule has 1 atom stereocenters.